The van der Waals surface area contributed by atoms with Gasteiger partial charge in [0.25, 0.3) is 0 Å². The minimum Gasteiger partial charge on any atom is -0.371 e. The Morgan fingerprint density at radius 3 is 2.47 bits per heavy atom. The van der Waals surface area contributed by atoms with Gasteiger partial charge in [-0.25, -0.2) is 0 Å². The Morgan fingerprint density at radius 2 is 2.13 bits per heavy atom. The molecule has 0 spiro atoms. The van der Waals surface area contributed by atoms with Crippen LogP contribution in [0.15, 0.2) is 17.6 Å². The Hall–Kier alpha value is -0.320. The van der Waals surface area contributed by atoms with Crippen LogP contribution in [0.1, 0.15) is 4.88 Å². The van der Waals surface area contributed by atoms with Gasteiger partial charge in [-0.05, 0) is 18.2 Å². The van der Waals surface area contributed by atoms with Crippen molar-refractivity contribution in [1.29, 1.82) is 0 Å². The lowest BCUT2D eigenvalue weighted by molar-refractivity contribution is 0.364. The van der Waals surface area contributed by atoms with E-state index in [0.717, 1.165) is 0 Å². The molecule has 0 atom stereocenters. The maximum Gasteiger partial charge on any atom is 0.372 e. The van der Waals surface area contributed by atoms with Gasteiger partial charge in [0.15, 0.2) is 0 Å². The van der Waals surface area contributed by atoms with Gasteiger partial charge in [0.1, 0.15) is 5.44 Å². The Morgan fingerprint density at radius 1 is 1.53 bits per heavy atom. The van der Waals surface area contributed by atoms with Crippen LogP contribution in [-0.2, 0) is 4.57 Å². The minimum atomic E-state index is -4.24. The highest BCUT2D eigenvalue weighted by atomic mass is 35.5. The van der Waals surface area contributed by atoms with Crippen molar-refractivity contribution in [2.75, 3.05) is 14.1 Å². The Balaban J connectivity index is 3.11. The summed E-state index contributed by atoms with van der Waals surface area (Å²) in [5, 5.41) is 0. The van der Waals surface area contributed by atoms with Gasteiger partial charge >= 0.3 is 7.60 Å². The zero-order chi connectivity index (χ0) is 11.6. The Bertz CT molecular complexity index is 423. The first-order valence-electron chi connectivity index (χ1n) is 4.01. The SMILES string of the molecule is CN(C)C(=Cc1ccc(Cl)s1)P(=O)(O)O. The first-order chi connectivity index (χ1) is 6.80. The summed E-state index contributed by atoms with van der Waals surface area (Å²) in [6.07, 6.45) is 1.44. The molecule has 15 heavy (non-hydrogen) atoms. The van der Waals surface area contributed by atoms with Crippen LogP contribution in [-0.4, -0.2) is 28.8 Å². The van der Waals surface area contributed by atoms with Crippen LogP contribution in [0, 0.1) is 0 Å². The molecule has 0 saturated carbocycles. The third-order valence-corrected chi connectivity index (χ3v) is 3.93. The molecule has 1 aromatic heterocycles. The molecule has 0 aromatic carbocycles. The molecule has 1 aromatic rings. The maximum atomic E-state index is 11.1. The van der Waals surface area contributed by atoms with E-state index in [1.807, 2.05) is 0 Å². The van der Waals surface area contributed by atoms with Crippen molar-refractivity contribution in [3.63, 3.8) is 0 Å². The second-order valence-electron chi connectivity index (χ2n) is 3.08. The van der Waals surface area contributed by atoms with Crippen molar-refractivity contribution in [2.24, 2.45) is 0 Å². The molecule has 0 bridgehead atoms. The van der Waals surface area contributed by atoms with E-state index in [1.54, 1.807) is 26.2 Å². The fourth-order valence-corrected chi connectivity index (χ4v) is 2.92. The van der Waals surface area contributed by atoms with Crippen LogP contribution in [0.25, 0.3) is 6.08 Å². The van der Waals surface area contributed by atoms with Gasteiger partial charge in [0.05, 0.1) is 4.34 Å². The molecule has 7 heteroatoms. The standard InChI is InChI=1S/C8H11ClNO3PS/c1-10(2)8(14(11,12)13)5-6-3-4-7(9)15-6/h3-5H,1-2H3,(H2,11,12,13). The molecule has 0 aliphatic carbocycles. The van der Waals surface area contributed by atoms with Gasteiger partial charge in [-0.3, -0.25) is 4.57 Å². The van der Waals surface area contributed by atoms with Crippen molar-refractivity contribution in [3.05, 3.63) is 26.8 Å². The van der Waals surface area contributed by atoms with E-state index in [4.69, 9.17) is 21.4 Å². The number of rotatable bonds is 3. The lowest BCUT2D eigenvalue weighted by Gasteiger charge is -2.17. The summed E-state index contributed by atoms with van der Waals surface area (Å²) >= 11 is 6.99. The summed E-state index contributed by atoms with van der Waals surface area (Å²) in [6.45, 7) is 0. The molecule has 2 N–H and O–H groups in total. The minimum absolute atomic E-state index is 0.0268. The van der Waals surface area contributed by atoms with Gasteiger partial charge in [0.2, 0.25) is 0 Å². The number of nitrogens with zero attached hydrogens (tertiary/aromatic N) is 1. The van der Waals surface area contributed by atoms with Gasteiger partial charge in [-0.2, -0.15) is 0 Å². The topological polar surface area (TPSA) is 60.8 Å². The third kappa shape index (κ3) is 3.63. The molecule has 0 aliphatic heterocycles. The molecule has 4 nitrogen and oxygen atoms in total. The lowest BCUT2D eigenvalue weighted by atomic mass is 10.4. The maximum absolute atomic E-state index is 11.1. The third-order valence-electron chi connectivity index (χ3n) is 1.62. The Kier molecular flexibility index (Phi) is 3.98. The predicted octanol–water partition coefficient (Wildman–Crippen LogP) is 2.44. The highest BCUT2D eigenvalue weighted by molar-refractivity contribution is 7.56. The summed E-state index contributed by atoms with van der Waals surface area (Å²) in [5.74, 6) is 0. The molecule has 84 valence electrons. The molecule has 1 heterocycles. The average molecular weight is 268 g/mol. The van der Waals surface area contributed by atoms with E-state index in [0.29, 0.717) is 9.21 Å². The first kappa shape index (κ1) is 12.7. The van der Waals surface area contributed by atoms with Gasteiger partial charge in [0, 0.05) is 19.0 Å². The Labute approximate surface area is 97.0 Å². The highest BCUT2D eigenvalue weighted by Crippen LogP contribution is 2.47. The van der Waals surface area contributed by atoms with Crippen LogP contribution < -0.4 is 0 Å². The smallest absolute Gasteiger partial charge is 0.371 e. The van der Waals surface area contributed by atoms with Gasteiger partial charge < -0.3 is 14.7 Å². The average Bonchev–Trinajstić information content (AvgIpc) is 2.44. The summed E-state index contributed by atoms with van der Waals surface area (Å²) in [5.41, 5.74) is -0.0268. The molecule has 1 rings (SSSR count). The molecule has 0 radical (unpaired) electrons. The van der Waals surface area contributed by atoms with Crippen LogP contribution in [0.5, 0.6) is 0 Å². The second-order valence-corrected chi connectivity index (χ2v) is 6.38. The molecule has 0 fully saturated rings. The largest absolute Gasteiger partial charge is 0.372 e. The van der Waals surface area contributed by atoms with Crippen LogP contribution >= 0.6 is 30.5 Å². The van der Waals surface area contributed by atoms with Crippen molar-refractivity contribution in [3.8, 4) is 0 Å². The molecule has 0 amide bonds. The quantitative estimate of drug-likeness (QED) is 0.826. The summed E-state index contributed by atoms with van der Waals surface area (Å²) < 4.78 is 11.7. The molecule has 0 saturated heterocycles. The zero-order valence-electron chi connectivity index (χ0n) is 8.22. The van der Waals surface area contributed by atoms with Crippen molar-refractivity contribution < 1.29 is 14.4 Å². The fraction of sp³-hybridized carbons (Fsp3) is 0.250. The van der Waals surface area contributed by atoms with E-state index in [9.17, 15) is 4.57 Å². The lowest BCUT2D eigenvalue weighted by Crippen LogP contribution is -2.10. The first-order valence-corrected chi connectivity index (χ1v) is 6.82. The van der Waals surface area contributed by atoms with Crippen LogP contribution in [0.4, 0.5) is 0 Å². The van der Waals surface area contributed by atoms with Crippen molar-refractivity contribution in [1.82, 2.24) is 4.90 Å². The van der Waals surface area contributed by atoms with E-state index >= 15 is 0 Å². The van der Waals surface area contributed by atoms with Crippen molar-refractivity contribution >= 4 is 36.6 Å². The summed E-state index contributed by atoms with van der Waals surface area (Å²) in [7, 11) is -1.07. The normalized spacial score (nSPS) is 13.0. The number of hydrogen-bond acceptors (Lipinski definition) is 3. The van der Waals surface area contributed by atoms with Crippen LogP contribution in [0.2, 0.25) is 4.34 Å². The summed E-state index contributed by atoms with van der Waals surface area (Å²) in [6, 6.07) is 3.40. The van der Waals surface area contributed by atoms with E-state index < -0.39 is 7.60 Å². The molecule has 0 unspecified atom stereocenters. The number of thiophene rings is 1. The predicted molar refractivity (Wildman–Crippen MR) is 63.0 cm³/mol. The fourth-order valence-electron chi connectivity index (χ4n) is 1.01. The zero-order valence-corrected chi connectivity index (χ0v) is 10.7. The highest BCUT2D eigenvalue weighted by Gasteiger charge is 2.22. The molecule has 0 aliphatic rings. The second kappa shape index (κ2) is 4.68. The summed E-state index contributed by atoms with van der Waals surface area (Å²) in [4.78, 5) is 20.3. The molecular weight excluding hydrogens is 257 g/mol. The number of hydrogen-bond donors (Lipinski definition) is 2. The monoisotopic (exact) mass is 267 g/mol. The van der Waals surface area contributed by atoms with E-state index in [2.05, 4.69) is 0 Å². The van der Waals surface area contributed by atoms with E-state index in [-0.39, 0.29) is 5.44 Å². The van der Waals surface area contributed by atoms with Crippen LogP contribution in [0.3, 0.4) is 0 Å². The van der Waals surface area contributed by atoms with Crippen molar-refractivity contribution in [2.45, 2.75) is 0 Å². The molecular formula is C8H11ClNO3PS. The van der Waals surface area contributed by atoms with Gasteiger partial charge in [-0.1, -0.05) is 11.6 Å². The van der Waals surface area contributed by atoms with Gasteiger partial charge in [-0.15, -0.1) is 11.3 Å². The number of halogens is 1. The van der Waals surface area contributed by atoms with E-state index in [1.165, 1.54) is 22.3 Å².